The van der Waals surface area contributed by atoms with Gasteiger partial charge in [-0.1, -0.05) is 6.92 Å². The molecule has 0 atom stereocenters. The Balaban J connectivity index is 2.09. The molecule has 1 rings (SSSR count). The van der Waals surface area contributed by atoms with Crippen LogP contribution in [-0.2, 0) is 16.4 Å². The number of H-pyrrole nitrogens is 1. The fraction of sp³-hybridized carbons (Fsp3) is 0.727. The Morgan fingerprint density at radius 3 is 2.83 bits per heavy atom. The van der Waals surface area contributed by atoms with E-state index in [1.54, 1.807) is 12.4 Å². The summed E-state index contributed by atoms with van der Waals surface area (Å²) in [6.45, 7) is 3.86. The maximum atomic E-state index is 11.6. The summed E-state index contributed by atoms with van der Waals surface area (Å²) < 4.78 is 25.7. The third-order valence-electron chi connectivity index (χ3n) is 2.44. The minimum atomic E-state index is -3.15. The second kappa shape index (κ2) is 8.23. The molecule has 0 aliphatic carbocycles. The van der Waals surface area contributed by atoms with Crippen LogP contribution in [0.4, 0.5) is 0 Å². The predicted octanol–water partition coefficient (Wildman–Crippen LogP) is 0.261. The number of sulfonamides is 1. The van der Waals surface area contributed by atoms with Crippen LogP contribution in [0.25, 0.3) is 0 Å². The van der Waals surface area contributed by atoms with E-state index in [1.807, 2.05) is 6.92 Å². The second-order valence-electron chi connectivity index (χ2n) is 4.10. The molecule has 0 unspecified atom stereocenters. The Bertz CT molecular complexity index is 403. The van der Waals surface area contributed by atoms with Gasteiger partial charge in [-0.25, -0.2) is 18.1 Å². The molecule has 0 amide bonds. The van der Waals surface area contributed by atoms with Crippen molar-refractivity contribution in [1.82, 2.24) is 20.0 Å². The number of rotatable bonds is 10. The van der Waals surface area contributed by atoms with E-state index in [1.165, 1.54) is 0 Å². The quantitative estimate of drug-likeness (QED) is 0.534. The molecule has 0 aliphatic rings. The van der Waals surface area contributed by atoms with Crippen molar-refractivity contribution in [2.45, 2.75) is 26.2 Å². The van der Waals surface area contributed by atoms with Crippen molar-refractivity contribution in [3.05, 3.63) is 18.2 Å². The lowest BCUT2D eigenvalue weighted by Gasteiger charge is -2.06. The first-order chi connectivity index (χ1) is 8.64. The van der Waals surface area contributed by atoms with Crippen molar-refractivity contribution in [1.29, 1.82) is 0 Å². The molecule has 104 valence electrons. The zero-order chi connectivity index (χ0) is 13.3. The maximum Gasteiger partial charge on any atom is 0.212 e. The van der Waals surface area contributed by atoms with E-state index in [-0.39, 0.29) is 5.75 Å². The monoisotopic (exact) mass is 274 g/mol. The summed E-state index contributed by atoms with van der Waals surface area (Å²) in [7, 11) is -3.15. The van der Waals surface area contributed by atoms with Crippen LogP contribution in [0, 0.1) is 0 Å². The van der Waals surface area contributed by atoms with Crippen LogP contribution in [0.15, 0.2) is 12.4 Å². The largest absolute Gasteiger partial charge is 0.349 e. The first-order valence-electron chi connectivity index (χ1n) is 6.30. The first kappa shape index (κ1) is 15.1. The number of aryl methyl sites for hydroxylation is 1. The second-order valence-corrected chi connectivity index (χ2v) is 6.03. The molecule has 6 nitrogen and oxygen atoms in total. The van der Waals surface area contributed by atoms with Crippen molar-refractivity contribution in [3.8, 4) is 0 Å². The maximum absolute atomic E-state index is 11.6. The molecule has 0 radical (unpaired) electrons. The van der Waals surface area contributed by atoms with Gasteiger partial charge < -0.3 is 10.3 Å². The van der Waals surface area contributed by atoms with Gasteiger partial charge in [0.05, 0.1) is 5.75 Å². The van der Waals surface area contributed by atoms with Gasteiger partial charge in [0, 0.05) is 31.9 Å². The summed E-state index contributed by atoms with van der Waals surface area (Å²) in [5.74, 6) is 1.02. The van der Waals surface area contributed by atoms with Crippen LogP contribution < -0.4 is 10.0 Å². The van der Waals surface area contributed by atoms with E-state index in [4.69, 9.17) is 0 Å². The van der Waals surface area contributed by atoms with Crippen LogP contribution in [0.5, 0.6) is 0 Å². The highest BCUT2D eigenvalue weighted by atomic mass is 32.2. The number of aromatic amines is 1. The lowest BCUT2D eigenvalue weighted by atomic mass is 10.3. The minimum Gasteiger partial charge on any atom is -0.349 e. The third-order valence-corrected chi connectivity index (χ3v) is 3.83. The van der Waals surface area contributed by atoms with Crippen molar-refractivity contribution < 1.29 is 8.42 Å². The Kier molecular flexibility index (Phi) is 6.92. The normalized spacial score (nSPS) is 11.8. The molecule has 18 heavy (non-hydrogen) atoms. The molecule has 1 aromatic heterocycles. The van der Waals surface area contributed by atoms with Crippen LogP contribution in [0.2, 0.25) is 0 Å². The third kappa shape index (κ3) is 6.73. The average molecular weight is 274 g/mol. The van der Waals surface area contributed by atoms with Crippen molar-refractivity contribution in [2.75, 3.05) is 25.4 Å². The molecule has 0 aliphatic heterocycles. The lowest BCUT2D eigenvalue weighted by molar-refractivity contribution is 0.573. The Morgan fingerprint density at radius 1 is 1.33 bits per heavy atom. The number of nitrogens with zero attached hydrogens (tertiary/aromatic N) is 1. The average Bonchev–Trinajstić information content (AvgIpc) is 2.83. The van der Waals surface area contributed by atoms with Gasteiger partial charge >= 0.3 is 0 Å². The van der Waals surface area contributed by atoms with Crippen LogP contribution in [-0.4, -0.2) is 43.8 Å². The summed E-state index contributed by atoms with van der Waals surface area (Å²) in [4.78, 5) is 7.06. The van der Waals surface area contributed by atoms with Crippen molar-refractivity contribution in [3.63, 3.8) is 0 Å². The summed E-state index contributed by atoms with van der Waals surface area (Å²) in [5, 5.41) is 3.07. The van der Waals surface area contributed by atoms with Crippen molar-refractivity contribution in [2.24, 2.45) is 0 Å². The highest BCUT2D eigenvalue weighted by Crippen LogP contribution is 1.94. The fourth-order valence-corrected chi connectivity index (χ4v) is 2.51. The van der Waals surface area contributed by atoms with E-state index in [0.29, 0.717) is 13.1 Å². The Hall–Kier alpha value is -0.920. The number of aromatic nitrogens is 2. The van der Waals surface area contributed by atoms with Gasteiger partial charge in [0.2, 0.25) is 10.0 Å². The van der Waals surface area contributed by atoms with Gasteiger partial charge in [0.15, 0.2) is 0 Å². The molecule has 0 bridgehead atoms. The number of imidazole rings is 1. The van der Waals surface area contributed by atoms with Crippen LogP contribution in [0.1, 0.15) is 25.6 Å². The number of hydrogen-bond donors (Lipinski definition) is 3. The van der Waals surface area contributed by atoms with Crippen LogP contribution >= 0.6 is 0 Å². The molecule has 3 N–H and O–H groups in total. The van der Waals surface area contributed by atoms with Gasteiger partial charge in [0.1, 0.15) is 5.82 Å². The fourth-order valence-electron chi connectivity index (χ4n) is 1.50. The number of hydrogen-bond acceptors (Lipinski definition) is 4. The van der Waals surface area contributed by atoms with Gasteiger partial charge in [-0.2, -0.15) is 0 Å². The molecular formula is C11H22N4O2S. The molecule has 0 spiro atoms. The molecule has 1 heterocycles. The van der Waals surface area contributed by atoms with E-state index in [9.17, 15) is 8.42 Å². The lowest BCUT2D eigenvalue weighted by Crippen LogP contribution is -2.32. The zero-order valence-corrected chi connectivity index (χ0v) is 11.6. The van der Waals surface area contributed by atoms with E-state index in [0.717, 1.165) is 31.6 Å². The molecule has 7 heteroatoms. The topological polar surface area (TPSA) is 86.9 Å². The van der Waals surface area contributed by atoms with E-state index in [2.05, 4.69) is 20.0 Å². The SMILES string of the molecule is CCCNCCS(=O)(=O)NCCCc1ncc[nH]1. The Labute approximate surface area is 109 Å². The number of nitrogens with one attached hydrogen (secondary N) is 3. The summed E-state index contributed by atoms with van der Waals surface area (Å²) in [6, 6.07) is 0. The minimum absolute atomic E-state index is 0.133. The Morgan fingerprint density at radius 2 is 2.17 bits per heavy atom. The van der Waals surface area contributed by atoms with E-state index < -0.39 is 10.0 Å². The van der Waals surface area contributed by atoms with E-state index >= 15 is 0 Å². The van der Waals surface area contributed by atoms with Gasteiger partial charge in [-0.3, -0.25) is 0 Å². The van der Waals surface area contributed by atoms with Crippen LogP contribution in [0.3, 0.4) is 0 Å². The van der Waals surface area contributed by atoms with Gasteiger partial charge in [0.25, 0.3) is 0 Å². The molecule has 0 aromatic carbocycles. The van der Waals surface area contributed by atoms with Gasteiger partial charge in [-0.05, 0) is 19.4 Å². The standard InChI is InChI=1S/C11H22N4O2S/c1-2-5-12-9-10-18(16,17)15-6-3-4-11-13-7-8-14-11/h7-8,12,15H,2-6,9-10H2,1H3,(H,13,14). The molecular weight excluding hydrogens is 252 g/mol. The molecule has 1 aromatic rings. The summed E-state index contributed by atoms with van der Waals surface area (Å²) >= 11 is 0. The summed E-state index contributed by atoms with van der Waals surface area (Å²) in [6.07, 6.45) is 5.97. The molecule has 0 saturated heterocycles. The molecule has 0 fully saturated rings. The highest BCUT2D eigenvalue weighted by molar-refractivity contribution is 7.89. The highest BCUT2D eigenvalue weighted by Gasteiger charge is 2.08. The smallest absolute Gasteiger partial charge is 0.212 e. The van der Waals surface area contributed by atoms with Gasteiger partial charge in [-0.15, -0.1) is 0 Å². The summed E-state index contributed by atoms with van der Waals surface area (Å²) in [5.41, 5.74) is 0. The van der Waals surface area contributed by atoms with Crippen molar-refractivity contribution >= 4 is 10.0 Å². The molecule has 0 saturated carbocycles. The zero-order valence-electron chi connectivity index (χ0n) is 10.8. The predicted molar refractivity (Wildman–Crippen MR) is 71.9 cm³/mol. The first-order valence-corrected chi connectivity index (χ1v) is 7.95.